The van der Waals surface area contributed by atoms with Gasteiger partial charge in [0.15, 0.2) is 5.69 Å². The maximum Gasteiger partial charge on any atom is 0.274 e. The monoisotopic (exact) mass is 411 g/mol. The van der Waals surface area contributed by atoms with Crippen LogP contribution in [0.3, 0.4) is 0 Å². The zero-order chi connectivity index (χ0) is 20.4. The number of anilines is 1. The summed E-state index contributed by atoms with van der Waals surface area (Å²) >= 11 is 6.02. The molecular weight excluding hydrogens is 394 g/mol. The van der Waals surface area contributed by atoms with Gasteiger partial charge in [0.05, 0.1) is 18.4 Å². The SMILES string of the molecule is CN1C(=O)C(NC(=O)c2cn(Cc3ccccc3)nn2)COc2ccc(Cl)cc21. The molecule has 0 fully saturated rings. The number of ether oxygens (including phenoxy) is 1. The average Bonchev–Trinajstić information content (AvgIpc) is 3.16. The lowest BCUT2D eigenvalue weighted by Crippen LogP contribution is -2.49. The maximum absolute atomic E-state index is 12.8. The number of nitrogens with one attached hydrogen (secondary N) is 1. The van der Waals surface area contributed by atoms with E-state index < -0.39 is 11.9 Å². The van der Waals surface area contributed by atoms with Crippen LogP contribution in [0.15, 0.2) is 54.7 Å². The van der Waals surface area contributed by atoms with E-state index in [1.165, 1.54) is 4.90 Å². The number of nitrogens with zero attached hydrogens (tertiary/aromatic N) is 4. The van der Waals surface area contributed by atoms with Crippen molar-refractivity contribution in [2.24, 2.45) is 0 Å². The van der Waals surface area contributed by atoms with Gasteiger partial charge in [-0.15, -0.1) is 5.10 Å². The largest absolute Gasteiger partial charge is 0.489 e. The Morgan fingerprint density at radius 3 is 2.86 bits per heavy atom. The minimum Gasteiger partial charge on any atom is -0.489 e. The highest BCUT2D eigenvalue weighted by atomic mass is 35.5. The highest BCUT2D eigenvalue weighted by Gasteiger charge is 2.31. The van der Waals surface area contributed by atoms with Crippen molar-refractivity contribution >= 4 is 29.1 Å². The van der Waals surface area contributed by atoms with E-state index in [-0.39, 0.29) is 18.2 Å². The Bertz CT molecular complexity index is 1050. The van der Waals surface area contributed by atoms with Crippen molar-refractivity contribution in [2.75, 3.05) is 18.6 Å². The van der Waals surface area contributed by atoms with Gasteiger partial charge in [0.1, 0.15) is 18.4 Å². The average molecular weight is 412 g/mol. The summed E-state index contributed by atoms with van der Waals surface area (Å²) < 4.78 is 7.27. The van der Waals surface area contributed by atoms with Crippen LogP contribution in [0, 0.1) is 0 Å². The van der Waals surface area contributed by atoms with E-state index in [0.29, 0.717) is 23.0 Å². The first-order valence-corrected chi connectivity index (χ1v) is 9.34. The summed E-state index contributed by atoms with van der Waals surface area (Å²) in [4.78, 5) is 26.8. The summed E-state index contributed by atoms with van der Waals surface area (Å²) in [6.45, 7) is 0.493. The molecule has 0 saturated carbocycles. The molecule has 0 aliphatic carbocycles. The summed E-state index contributed by atoms with van der Waals surface area (Å²) in [5, 5.41) is 11.1. The van der Waals surface area contributed by atoms with Crippen molar-refractivity contribution in [1.82, 2.24) is 20.3 Å². The Morgan fingerprint density at radius 1 is 1.28 bits per heavy atom. The Morgan fingerprint density at radius 2 is 2.07 bits per heavy atom. The standard InChI is InChI=1S/C20H18ClN5O3/c1-25-17-9-14(21)7-8-18(17)29-12-16(20(25)28)22-19(27)15-11-26(24-23-15)10-13-5-3-2-4-6-13/h2-9,11,16H,10,12H2,1H3,(H,22,27). The highest BCUT2D eigenvalue weighted by Crippen LogP contribution is 2.33. The molecule has 4 rings (SSSR count). The normalized spacial score (nSPS) is 16.0. The van der Waals surface area contributed by atoms with Crippen LogP contribution in [-0.2, 0) is 11.3 Å². The number of fused-ring (bicyclic) bond motifs is 1. The number of hydrogen-bond acceptors (Lipinski definition) is 5. The smallest absolute Gasteiger partial charge is 0.274 e. The van der Waals surface area contributed by atoms with Crippen molar-refractivity contribution in [1.29, 1.82) is 0 Å². The molecule has 0 bridgehead atoms. The molecule has 0 spiro atoms. The lowest BCUT2D eigenvalue weighted by Gasteiger charge is -2.20. The van der Waals surface area contributed by atoms with Crippen LogP contribution in [0.25, 0.3) is 0 Å². The second-order valence-corrected chi connectivity index (χ2v) is 7.07. The second kappa shape index (κ2) is 7.92. The van der Waals surface area contributed by atoms with Crippen molar-refractivity contribution in [3.63, 3.8) is 0 Å². The third kappa shape index (κ3) is 4.07. The molecular formula is C20H18ClN5O3. The van der Waals surface area contributed by atoms with Gasteiger partial charge in [-0.05, 0) is 23.8 Å². The fourth-order valence-electron chi connectivity index (χ4n) is 3.06. The third-order valence-corrected chi connectivity index (χ3v) is 4.82. The molecule has 3 aromatic rings. The number of amides is 2. The maximum atomic E-state index is 12.8. The van der Waals surface area contributed by atoms with Crippen molar-refractivity contribution in [3.05, 3.63) is 71.0 Å². The molecule has 148 valence electrons. The number of benzene rings is 2. The topological polar surface area (TPSA) is 89.4 Å². The van der Waals surface area contributed by atoms with E-state index in [9.17, 15) is 9.59 Å². The van der Waals surface area contributed by atoms with E-state index in [2.05, 4.69) is 15.6 Å². The summed E-state index contributed by atoms with van der Waals surface area (Å²) in [6, 6.07) is 13.9. The predicted octanol–water partition coefficient (Wildman–Crippen LogP) is 2.13. The second-order valence-electron chi connectivity index (χ2n) is 6.63. The van der Waals surface area contributed by atoms with E-state index in [0.717, 1.165) is 5.56 Å². The predicted molar refractivity (Wildman–Crippen MR) is 107 cm³/mol. The summed E-state index contributed by atoms with van der Waals surface area (Å²) in [6.07, 6.45) is 1.54. The number of hydrogen-bond donors (Lipinski definition) is 1. The number of carbonyl (C=O) groups excluding carboxylic acids is 2. The van der Waals surface area contributed by atoms with Gasteiger partial charge in [-0.2, -0.15) is 0 Å². The van der Waals surface area contributed by atoms with E-state index in [1.54, 1.807) is 36.1 Å². The first kappa shape index (κ1) is 18.9. The van der Waals surface area contributed by atoms with Gasteiger partial charge in [-0.1, -0.05) is 47.1 Å². The van der Waals surface area contributed by atoms with Gasteiger partial charge in [0, 0.05) is 12.1 Å². The molecule has 1 atom stereocenters. The van der Waals surface area contributed by atoms with E-state index in [1.807, 2.05) is 30.3 Å². The van der Waals surface area contributed by atoms with Gasteiger partial charge < -0.3 is 15.0 Å². The Balaban J connectivity index is 1.45. The van der Waals surface area contributed by atoms with Gasteiger partial charge in [0.25, 0.3) is 11.8 Å². The van der Waals surface area contributed by atoms with E-state index in [4.69, 9.17) is 16.3 Å². The van der Waals surface area contributed by atoms with Crippen LogP contribution in [0.2, 0.25) is 5.02 Å². The van der Waals surface area contributed by atoms with E-state index >= 15 is 0 Å². The highest BCUT2D eigenvalue weighted by molar-refractivity contribution is 6.31. The number of rotatable bonds is 4. The molecule has 2 aromatic carbocycles. The molecule has 29 heavy (non-hydrogen) atoms. The number of aromatic nitrogens is 3. The first-order chi connectivity index (χ1) is 14.0. The molecule has 1 aliphatic rings. The van der Waals surface area contributed by atoms with Crippen molar-refractivity contribution in [2.45, 2.75) is 12.6 Å². The zero-order valence-electron chi connectivity index (χ0n) is 15.6. The lowest BCUT2D eigenvalue weighted by atomic mass is 10.2. The summed E-state index contributed by atoms with van der Waals surface area (Å²) in [5.41, 5.74) is 1.71. The molecule has 0 saturated heterocycles. The zero-order valence-corrected chi connectivity index (χ0v) is 16.3. The fraction of sp³-hybridized carbons (Fsp3) is 0.200. The molecule has 1 N–H and O–H groups in total. The molecule has 8 nitrogen and oxygen atoms in total. The van der Waals surface area contributed by atoms with Gasteiger partial charge in [-0.25, -0.2) is 4.68 Å². The van der Waals surface area contributed by atoms with Crippen LogP contribution >= 0.6 is 11.6 Å². The molecule has 2 heterocycles. The van der Waals surface area contributed by atoms with Gasteiger partial charge in [0.2, 0.25) is 0 Å². The van der Waals surface area contributed by atoms with Crippen LogP contribution in [-0.4, -0.2) is 46.5 Å². The van der Waals surface area contributed by atoms with Crippen LogP contribution in [0.1, 0.15) is 16.1 Å². The van der Waals surface area contributed by atoms with Crippen LogP contribution < -0.4 is 15.0 Å². The Labute approximate surface area is 172 Å². The number of halogens is 1. The molecule has 1 aromatic heterocycles. The van der Waals surface area contributed by atoms with Crippen molar-refractivity contribution in [3.8, 4) is 5.75 Å². The molecule has 0 radical (unpaired) electrons. The quantitative estimate of drug-likeness (QED) is 0.710. The third-order valence-electron chi connectivity index (χ3n) is 4.58. The van der Waals surface area contributed by atoms with Crippen LogP contribution in [0.4, 0.5) is 5.69 Å². The number of carbonyl (C=O) groups is 2. The first-order valence-electron chi connectivity index (χ1n) is 8.96. The van der Waals surface area contributed by atoms with Crippen molar-refractivity contribution < 1.29 is 14.3 Å². The fourth-order valence-corrected chi connectivity index (χ4v) is 3.22. The van der Waals surface area contributed by atoms with Gasteiger partial charge in [-0.3, -0.25) is 9.59 Å². The van der Waals surface area contributed by atoms with Gasteiger partial charge >= 0.3 is 0 Å². The molecule has 1 aliphatic heterocycles. The minimum absolute atomic E-state index is 0.00168. The Hall–Kier alpha value is -3.39. The molecule has 9 heteroatoms. The van der Waals surface area contributed by atoms with Crippen LogP contribution in [0.5, 0.6) is 5.75 Å². The number of likely N-dealkylation sites (N-methyl/N-ethyl adjacent to an activating group) is 1. The minimum atomic E-state index is -0.863. The molecule has 1 unspecified atom stereocenters. The summed E-state index contributed by atoms with van der Waals surface area (Å²) in [5.74, 6) is -0.282. The summed E-state index contributed by atoms with van der Waals surface area (Å²) in [7, 11) is 1.61. The Kier molecular flexibility index (Phi) is 5.18. The molecule has 2 amide bonds. The lowest BCUT2D eigenvalue weighted by molar-refractivity contribution is -0.120.